The number of aliphatic hydroxyl groups excluding tert-OH is 1. The first-order valence-electron chi connectivity index (χ1n) is 6.90. The highest BCUT2D eigenvalue weighted by molar-refractivity contribution is 5.33. The van der Waals surface area contributed by atoms with E-state index in [0.717, 1.165) is 11.5 Å². The van der Waals surface area contributed by atoms with E-state index in [1.54, 1.807) is 0 Å². The second-order valence-electron chi connectivity index (χ2n) is 5.01. The Labute approximate surface area is 120 Å². The summed E-state index contributed by atoms with van der Waals surface area (Å²) >= 11 is 0. The molecule has 0 aliphatic heterocycles. The van der Waals surface area contributed by atoms with E-state index in [1.165, 1.54) is 5.56 Å². The highest BCUT2D eigenvalue weighted by atomic mass is 16.5. The molecular formula is C17H21NO2. The fraction of sp³-hybridized carbons (Fsp3) is 0.294. The molecule has 0 fully saturated rings. The molecule has 0 spiro atoms. The van der Waals surface area contributed by atoms with E-state index in [0.29, 0.717) is 13.0 Å². The maximum Gasteiger partial charge on any atom is 0.127 e. The Morgan fingerprint density at radius 3 is 2.20 bits per heavy atom. The van der Waals surface area contributed by atoms with Crippen molar-refractivity contribution in [3.05, 3.63) is 60.2 Å². The highest BCUT2D eigenvalue weighted by Gasteiger charge is 2.11. The molecule has 2 rings (SSSR count). The smallest absolute Gasteiger partial charge is 0.127 e. The molecule has 0 aliphatic carbocycles. The number of benzene rings is 2. The van der Waals surface area contributed by atoms with Gasteiger partial charge in [0.25, 0.3) is 0 Å². The van der Waals surface area contributed by atoms with E-state index >= 15 is 0 Å². The monoisotopic (exact) mass is 271 g/mol. The molecule has 0 aliphatic rings. The Bertz CT molecular complexity index is 510. The molecule has 0 saturated heterocycles. The minimum absolute atomic E-state index is 0.277. The van der Waals surface area contributed by atoms with E-state index in [1.807, 2.05) is 54.6 Å². The van der Waals surface area contributed by atoms with Gasteiger partial charge in [-0.2, -0.15) is 0 Å². The molecule has 0 amide bonds. The first kappa shape index (κ1) is 14.6. The molecule has 0 radical (unpaired) electrons. The molecule has 3 nitrogen and oxygen atoms in total. The van der Waals surface area contributed by atoms with E-state index in [4.69, 9.17) is 10.5 Å². The highest BCUT2D eigenvalue weighted by Crippen LogP contribution is 2.25. The maximum atomic E-state index is 9.59. The Morgan fingerprint density at radius 1 is 1.00 bits per heavy atom. The normalized spacial score (nSPS) is 13.8. The van der Waals surface area contributed by atoms with Crippen LogP contribution >= 0.6 is 0 Å². The van der Waals surface area contributed by atoms with Gasteiger partial charge in [-0.1, -0.05) is 37.3 Å². The Balaban J connectivity index is 1.99. The topological polar surface area (TPSA) is 55.5 Å². The van der Waals surface area contributed by atoms with E-state index in [-0.39, 0.29) is 5.92 Å². The van der Waals surface area contributed by atoms with Crippen LogP contribution in [0.3, 0.4) is 0 Å². The Morgan fingerprint density at radius 2 is 1.60 bits per heavy atom. The van der Waals surface area contributed by atoms with Gasteiger partial charge in [0.05, 0.1) is 6.10 Å². The molecule has 106 valence electrons. The zero-order valence-corrected chi connectivity index (χ0v) is 11.7. The average Bonchev–Trinajstić information content (AvgIpc) is 2.49. The standard InChI is InChI=1S/C17H21NO2/c1-13(11-15(19)12-18)14-7-9-17(10-8-14)20-16-5-3-2-4-6-16/h2-10,13,15,19H,11-12,18H2,1H3. The second-order valence-corrected chi connectivity index (χ2v) is 5.01. The summed E-state index contributed by atoms with van der Waals surface area (Å²) in [5.41, 5.74) is 6.62. The van der Waals surface area contributed by atoms with Crippen molar-refractivity contribution in [2.24, 2.45) is 5.73 Å². The number of para-hydroxylation sites is 1. The van der Waals surface area contributed by atoms with Crippen LogP contribution in [0.1, 0.15) is 24.8 Å². The average molecular weight is 271 g/mol. The van der Waals surface area contributed by atoms with Gasteiger partial charge in [-0.25, -0.2) is 0 Å². The Kier molecular flexibility index (Phi) is 5.16. The van der Waals surface area contributed by atoms with Crippen molar-refractivity contribution in [1.29, 1.82) is 0 Å². The van der Waals surface area contributed by atoms with Gasteiger partial charge in [-0.05, 0) is 42.2 Å². The molecule has 2 atom stereocenters. The van der Waals surface area contributed by atoms with Gasteiger partial charge in [0.2, 0.25) is 0 Å². The van der Waals surface area contributed by atoms with Crippen LogP contribution in [0.2, 0.25) is 0 Å². The van der Waals surface area contributed by atoms with Crippen molar-refractivity contribution in [3.63, 3.8) is 0 Å². The molecule has 0 saturated carbocycles. The van der Waals surface area contributed by atoms with Gasteiger partial charge >= 0.3 is 0 Å². The molecule has 2 aromatic rings. The predicted octanol–water partition coefficient (Wildman–Crippen LogP) is 3.29. The lowest BCUT2D eigenvalue weighted by atomic mass is 9.95. The first-order chi connectivity index (χ1) is 9.69. The summed E-state index contributed by atoms with van der Waals surface area (Å²) in [5.74, 6) is 1.91. The van der Waals surface area contributed by atoms with Crippen LogP contribution in [0.15, 0.2) is 54.6 Å². The number of aliphatic hydroxyl groups is 1. The van der Waals surface area contributed by atoms with Crippen LogP contribution in [0.4, 0.5) is 0 Å². The fourth-order valence-corrected chi connectivity index (χ4v) is 2.13. The van der Waals surface area contributed by atoms with Crippen molar-refractivity contribution in [1.82, 2.24) is 0 Å². The number of ether oxygens (including phenoxy) is 1. The molecule has 0 bridgehead atoms. The van der Waals surface area contributed by atoms with E-state index in [2.05, 4.69) is 6.92 Å². The van der Waals surface area contributed by atoms with E-state index < -0.39 is 6.10 Å². The molecule has 2 aromatic carbocycles. The van der Waals surface area contributed by atoms with Crippen molar-refractivity contribution in [2.75, 3.05) is 6.54 Å². The van der Waals surface area contributed by atoms with Crippen molar-refractivity contribution >= 4 is 0 Å². The van der Waals surface area contributed by atoms with Crippen LogP contribution in [-0.2, 0) is 0 Å². The fourth-order valence-electron chi connectivity index (χ4n) is 2.13. The minimum atomic E-state index is -0.440. The molecule has 0 aromatic heterocycles. The third-order valence-electron chi connectivity index (χ3n) is 3.33. The lowest BCUT2D eigenvalue weighted by Gasteiger charge is -2.16. The van der Waals surface area contributed by atoms with Crippen molar-refractivity contribution < 1.29 is 9.84 Å². The largest absolute Gasteiger partial charge is 0.457 e. The van der Waals surface area contributed by atoms with Crippen LogP contribution in [0.25, 0.3) is 0 Å². The van der Waals surface area contributed by atoms with E-state index in [9.17, 15) is 5.11 Å². The lowest BCUT2D eigenvalue weighted by Crippen LogP contribution is -2.21. The van der Waals surface area contributed by atoms with Gasteiger partial charge in [0.15, 0.2) is 0 Å². The summed E-state index contributed by atoms with van der Waals surface area (Å²) in [5, 5.41) is 9.59. The van der Waals surface area contributed by atoms with Gasteiger partial charge in [-0.15, -0.1) is 0 Å². The number of nitrogens with two attached hydrogens (primary N) is 1. The third-order valence-corrected chi connectivity index (χ3v) is 3.33. The number of rotatable bonds is 6. The quantitative estimate of drug-likeness (QED) is 0.847. The molecule has 0 heterocycles. The molecule has 3 N–H and O–H groups in total. The van der Waals surface area contributed by atoms with Gasteiger partial charge in [0.1, 0.15) is 11.5 Å². The number of hydrogen-bond acceptors (Lipinski definition) is 3. The van der Waals surface area contributed by atoms with Gasteiger partial charge in [-0.3, -0.25) is 0 Å². The maximum absolute atomic E-state index is 9.59. The molecule has 20 heavy (non-hydrogen) atoms. The van der Waals surface area contributed by atoms with Crippen molar-refractivity contribution in [2.45, 2.75) is 25.4 Å². The second kappa shape index (κ2) is 7.08. The number of hydrogen-bond donors (Lipinski definition) is 2. The van der Waals surface area contributed by atoms with Crippen LogP contribution in [-0.4, -0.2) is 17.8 Å². The minimum Gasteiger partial charge on any atom is -0.457 e. The first-order valence-corrected chi connectivity index (χ1v) is 6.90. The molecule has 3 heteroatoms. The predicted molar refractivity (Wildman–Crippen MR) is 81.1 cm³/mol. The molecular weight excluding hydrogens is 250 g/mol. The summed E-state index contributed by atoms with van der Waals surface area (Å²) in [6.45, 7) is 2.39. The van der Waals surface area contributed by atoms with Gasteiger partial charge in [0, 0.05) is 6.54 Å². The summed E-state index contributed by atoms with van der Waals surface area (Å²) in [7, 11) is 0. The van der Waals surface area contributed by atoms with Crippen LogP contribution in [0.5, 0.6) is 11.5 Å². The summed E-state index contributed by atoms with van der Waals surface area (Å²) < 4.78 is 5.75. The summed E-state index contributed by atoms with van der Waals surface area (Å²) in [6.07, 6.45) is 0.236. The molecule has 2 unspecified atom stereocenters. The summed E-state index contributed by atoms with van der Waals surface area (Å²) in [6, 6.07) is 17.7. The van der Waals surface area contributed by atoms with Crippen LogP contribution < -0.4 is 10.5 Å². The lowest BCUT2D eigenvalue weighted by molar-refractivity contribution is 0.165. The zero-order valence-electron chi connectivity index (χ0n) is 11.7. The zero-order chi connectivity index (χ0) is 14.4. The SMILES string of the molecule is CC(CC(O)CN)c1ccc(Oc2ccccc2)cc1. The van der Waals surface area contributed by atoms with Gasteiger partial charge < -0.3 is 15.6 Å². The van der Waals surface area contributed by atoms with Crippen molar-refractivity contribution in [3.8, 4) is 11.5 Å². The third kappa shape index (κ3) is 4.08. The Hall–Kier alpha value is -1.84. The van der Waals surface area contributed by atoms with Crippen LogP contribution in [0, 0.1) is 0 Å². The summed E-state index contributed by atoms with van der Waals surface area (Å²) in [4.78, 5) is 0.